The Morgan fingerprint density at radius 1 is 1.25 bits per heavy atom. The predicted octanol–water partition coefficient (Wildman–Crippen LogP) is 2.43. The van der Waals surface area contributed by atoms with Crippen molar-refractivity contribution in [3.8, 4) is 0 Å². The fourth-order valence-corrected chi connectivity index (χ4v) is 3.53. The van der Waals surface area contributed by atoms with Gasteiger partial charge in [-0.1, -0.05) is 0 Å². The van der Waals surface area contributed by atoms with Crippen molar-refractivity contribution >= 4 is 5.91 Å². The minimum Gasteiger partial charge on any atom is -0.340 e. The molecule has 1 aromatic heterocycles. The Kier molecular flexibility index (Phi) is 4.10. The van der Waals surface area contributed by atoms with E-state index in [1.165, 1.54) is 6.42 Å². The van der Waals surface area contributed by atoms with E-state index in [2.05, 4.69) is 27.9 Å². The van der Waals surface area contributed by atoms with E-state index in [9.17, 15) is 4.79 Å². The smallest absolute Gasteiger partial charge is 0.270 e. The predicted molar refractivity (Wildman–Crippen MR) is 79.9 cm³/mol. The highest BCUT2D eigenvalue weighted by Gasteiger charge is 2.27. The van der Waals surface area contributed by atoms with Crippen molar-refractivity contribution in [2.24, 2.45) is 0 Å². The van der Waals surface area contributed by atoms with Crippen LogP contribution in [0.3, 0.4) is 0 Å². The first-order valence-corrected chi connectivity index (χ1v) is 7.96. The lowest BCUT2D eigenvalue weighted by atomic mass is 10.0. The summed E-state index contributed by atoms with van der Waals surface area (Å²) in [6.45, 7) is 5.19. The molecule has 20 heavy (non-hydrogen) atoms. The first-order valence-electron chi connectivity index (χ1n) is 7.96. The van der Waals surface area contributed by atoms with Crippen LogP contribution in [0.15, 0.2) is 18.3 Å². The molecule has 2 aliphatic rings. The van der Waals surface area contributed by atoms with E-state index in [4.69, 9.17) is 0 Å². The summed E-state index contributed by atoms with van der Waals surface area (Å²) < 4.78 is 2.21. The molecule has 1 amide bonds. The number of carbonyl (C=O) groups is 1. The van der Waals surface area contributed by atoms with E-state index in [1.54, 1.807) is 0 Å². The molecule has 110 valence electrons. The van der Waals surface area contributed by atoms with Gasteiger partial charge in [-0.3, -0.25) is 4.79 Å². The Hall–Kier alpha value is -1.29. The summed E-state index contributed by atoms with van der Waals surface area (Å²) >= 11 is 0. The molecule has 0 spiro atoms. The molecule has 0 saturated carbocycles. The lowest BCUT2D eigenvalue weighted by Crippen LogP contribution is -2.43. The lowest BCUT2D eigenvalue weighted by Gasteiger charge is -2.34. The molecule has 2 aliphatic heterocycles. The number of piperidine rings is 2. The number of likely N-dealkylation sites (tertiary alicyclic amines) is 1. The molecular weight excluding hydrogens is 250 g/mol. The molecule has 0 aromatic carbocycles. The van der Waals surface area contributed by atoms with Gasteiger partial charge < -0.3 is 14.8 Å². The summed E-state index contributed by atoms with van der Waals surface area (Å²) in [5.74, 6) is 0.223. The van der Waals surface area contributed by atoms with Gasteiger partial charge in [0.2, 0.25) is 0 Å². The summed E-state index contributed by atoms with van der Waals surface area (Å²) in [5, 5.41) is 3.39. The zero-order valence-corrected chi connectivity index (χ0v) is 12.3. The molecule has 0 bridgehead atoms. The number of hydrogen-bond donors (Lipinski definition) is 1. The van der Waals surface area contributed by atoms with Crippen LogP contribution in [-0.2, 0) is 0 Å². The molecule has 1 N–H and O–H groups in total. The highest BCUT2D eigenvalue weighted by atomic mass is 16.2. The number of nitrogens with zero attached hydrogens (tertiary/aromatic N) is 2. The van der Waals surface area contributed by atoms with Gasteiger partial charge in [-0.25, -0.2) is 0 Å². The highest BCUT2D eigenvalue weighted by molar-refractivity contribution is 5.93. The van der Waals surface area contributed by atoms with E-state index in [1.807, 2.05) is 12.1 Å². The monoisotopic (exact) mass is 275 g/mol. The number of aromatic nitrogens is 1. The van der Waals surface area contributed by atoms with Crippen LogP contribution >= 0.6 is 0 Å². The summed E-state index contributed by atoms with van der Waals surface area (Å²) in [7, 11) is 0. The third-order valence-electron chi connectivity index (χ3n) is 4.76. The average molecular weight is 275 g/mol. The molecule has 4 heteroatoms. The first-order chi connectivity index (χ1) is 9.77. The summed E-state index contributed by atoms with van der Waals surface area (Å²) in [6, 6.07) is 4.87. The average Bonchev–Trinajstić information content (AvgIpc) is 2.97. The number of carbonyl (C=O) groups excluding carboxylic acids is 1. The first kappa shape index (κ1) is 13.7. The summed E-state index contributed by atoms with van der Waals surface area (Å²) in [5.41, 5.74) is 0.880. The molecule has 4 nitrogen and oxygen atoms in total. The van der Waals surface area contributed by atoms with E-state index < -0.39 is 0 Å². The lowest BCUT2D eigenvalue weighted by molar-refractivity contribution is 0.0620. The Labute approximate surface area is 121 Å². The number of hydrogen-bond acceptors (Lipinski definition) is 2. The Balaban J connectivity index is 1.79. The minimum absolute atomic E-state index is 0.223. The maximum atomic E-state index is 12.8. The molecule has 0 radical (unpaired) electrons. The zero-order chi connectivity index (χ0) is 13.9. The fraction of sp³-hybridized carbons (Fsp3) is 0.688. The quantitative estimate of drug-likeness (QED) is 0.900. The second-order valence-electron chi connectivity index (χ2n) is 6.13. The molecule has 1 atom stereocenters. The van der Waals surface area contributed by atoms with Gasteiger partial charge in [0.1, 0.15) is 5.69 Å². The van der Waals surface area contributed by atoms with Gasteiger partial charge in [0.05, 0.1) is 0 Å². The standard InChI is InChI=1S/C16H25N3O/c1-13-5-2-3-11-18(13)16(20)15-6-4-12-19(15)14-7-9-17-10-8-14/h4,6,12-14,17H,2-3,5,7-11H2,1H3. The van der Waals surface area contributed by atoms with E-state index in [0.717, 1.165) is 51.0 Å². The molecule has 3 rings (SSSR count). The topological polar surface area (TPSA) is 37.3 Å². The fourth-order valence-electron chi connectivity index (χ4n) is 3.53. The van der Waals surface area contributed by atoms with Crippen molar-refractivity contribution < 1.29 is 4.79 Å². The van der Waals surface area contributed by atoms with Crippen molar-refractivity contribution in [2.75, 3.05) is 19.6 Å². The van der Waals surface area contributed by atoms with Gasteiger partial charge in [-0.15, -0.1) is 0 Å². The Morgan fingerprint density at radius 3 is 2.80 bits per heavy atom. The van der Waals surface area contributed by atoms with Crippen molar-refractivity contribution in [2.45, 2.75) is 51.1 Å². The van der Waals surface area contributed by atoms with Gasteiger partial charge in [-0.05, 0) is 64.3 Å². The van der Waals surface area contributed by atoms with Crippen LogP contribution < -0.4 is 5.32 Å². The highest BCUT2D eigenvalue weighted by Crippen LogP contribution is 2.24. The van der Waals surface area contributed by atoms with Gasteiger partial charge in [0, 0.05) is 24.8 Å². The van der Waals surface area contributed by atoms with Crippen LogP contribution in [-0.4, -0.2) is 41.1 Å². The summed E-state index contributed by atoms with van der Waals surface area (Å²) in [6.07, 6.45) is 7.84. The second-order valence-corrected chi connectivity index (χ2v) is 6.13. The van der Waals surface area contributed by atoms with Crippen LogP contribution in [0.5, 0.6) is 0 Å². The Bertz CT molecular complexity index is 462. The molecule has 2 fully saturated rings. The maximum absolute atomic E-state index is 12.8. The third-order valence-corrected chi connectivity index (χ3v) is 4.76. The van der Waals surface area contributed by atoms with E-state index >= 15 is 0 Å². The van der Waals surface area contributed by atoms with Gasteiger partial charge in [-0.2, -0.15) is 0 Å². The summed E-state index contributed by atoms with van der Waals surface area (Å²) in [4.78, 5) is 14.9. The van der Waals surface area contributed by atoms with E-state index in [-0.39, 0.29) is 5.91 Å². The molecular formula is C16H25N3O. The van der Waals surface area contributed by atoms with Crippen LogP contribution in [0.1, 0.15) is 55.6 Å². The van der Waals surface area contributed by atoms with Gasteiger partial charge >= 0.3 is 0 Å². The normalized spacial score (nSPS) is 24.9. The number of amides is 1. The van der Waals surface area contributed by atoms with Crippen molar-refractivity contribution in [3.05, 3.63) is 24.0 Å². The van der Waals surface area contributed by atoms with Crippen LogP contribution in [0, 0.1) is 0 Å². The maximum Gasteiger partial charge on any atom is 0.270 e. The number of nitrogens with one attached hydrogen (secondary N) is 1. The molecule has 1 unspecified atom stereocenters. The van der Waals surface area contributed by atoms with Crippen LogP contribution in [0.2, 0.25) is 0 Å². The van der Waals surface area contributed by atoms with Crippen molar-refractivity contribution in [3.63, 3.8) is 0 Å². The second kappa shape index (κ2) is 6.00. The molecule has 2 saturated heterocycles. The number of rotatable bonds is 2. The zero-order valence-electron chi connectivity index (χ0n) is 12.3. The SMILES string of the molecule is CC1CCCCN1C(=O)c1cccn1C1CCNCC1. The van der Waals surface area contributed by atoms with Crippen LogP contribution in [0.4, 0.5) is 0 Å². The van der Waals surface area contributed by atoms with E-state index in [0.29, 0.717) is 12.1 Å². The Morgan fingerprint density at radius 2 is 2.05 bits per heavy atom. The molecule has 0 aliphatic carbocycles. The van der Waals surface area contributed by atoms with Crippen molar-refractivity contribution in [1.29, 1.82) is 0 Å². The molecule has 3 heterocycles. The minimum atomic E-state index is 0.223. The third kappa shape index (κ3) is 2.62. The van der Waals surface area contributed by atoms with Crippen molar-refractivity contribution in [1.82, 2.24) is 14.8 Å². The van der Waals surface area contributed by atoms with Crippen LogP contribution in [0.25, 0.3) is 0 Å². The largest absolute Gasteiger partial charge is 0.340 e. The van der Waals surface area contributed by atoms with Gasteiger partial charge in [0.25, 0.3) is 5.91 Å². The van der Waals surface area contributed by atoms with Gasteiger partial charge in [0.15, 0.2) is 0 Å². The molecule has 1 aromatic rings.